The lowest BCUT2D eigenvalue weighted by atomic mass is 10.0. The summed E-state index contributed by atoms with van der Waals surface area (Å²) in [5.74, 6) is 1.06. The summed E-state index contributed by atoms with van der Waals surface area (Å²) in [6.07, 6.45) is 3.22. The van der Waals surface area contributed by atoms with E-state index in [2.05, 4.69) is 14.9 Å². The lowest BCUT2D eigenvalue weighted by Crippen LogP contribution is -2.37. The highest BCUT2D eigenvalue weighted by atomic mass is 35.5. The van der Waals surface area contributed by atoms with Gasteiger partial charge in [0.05, 0.1) is 24.5 Å². The molecule has 1 N–H and O–H groups in total. The number of halogens is 1. The van der Waals surface area contributed by atoms with E-state index in [1.807, 2.05) is 17.8 Å². The van der Waals surface area contributed by atoms with Crippen LogP contribution in [0, 0.1) is 0 Å². The van der Waals surface area contributed by atoms with Gasteiger partial charge in [-0.15, -0.1) is 0 Å². The SMILES string of the molecule is Cn1nc(-c2cc(O)cc(Cl)c2)c(-c2ccncn2)c1N1CCOCC1. The van der Waals surface area contributed by atoms with E-state index in [4.69, 9.17) is 21.4 Å². The van der Waals surface area contributed by atoms with Crippen LogP contribution in [0.15, 0.2) is 36.8 Å². The van der Waals surface area contributed by atoms with Crippen LogP contribution in [0.2, 0.25) is 5.02 Å². The highest BCUT2D eigenvalue weighted by molar-refractivity contribution is 6.31. The Morgan fingerprint density at radius 1 is 1.19 bits per heavy atom. The van der Waals surface area contributed by atoms with Crippen LogP contribution in [0.5, 0.6) is 5.75 Å². The molecule has 0 saturated carbocycles. The molecular weight excluding hydrogens is 354 g/mol. The Kier molecular flexibility index (Phi) is 4.48. The molecule has 26 heavy (non-hydrogen) atoms. The summed E-state index contributed by atoms with van der Waals surface area (Å²) in [7, 11) is 1.91. The molecule has 0 radical (unpaired) electrons. The number of rotatable bonds is 3. The van der Waals surface area contributed by atoms with Gasteiger partial charge in [0.1, 0.15) is 23.6 Å². The number of aromatic hydroxyl groups is 1. The average Bonchev–Trinajstić information content (AvgIpc) is 3.00. The summed E-state index contributed by atoms with van der Waals surface area (Å²) in [5, 5.41) is 15.1. The molecule has 0 unspecified atom stereocenters. The van der Waals surface area contributed by atoms with Crippen LogP contribution < -0.4 is 4.90 Å². The summed E-state index contributed by atoms with van der Waals surface area (Å²) in [6.45, 7) is 2.89. The Morgan fingerprint density at radius 3 is 2.69 bits per heavy atom. The van der Waals surface area contributed by atoms with Gasteiger partial charge in [-0.25, -0.2) is 9.97 Å². The monoisotopic (exact) mass is 371 g/mol. The van der Waals surface area contributed by atoms with Crippen LogP contribution in [0.4, 0.5) is 5.82 Å². The molecule has 1 fully saturated rings. The fraction of sp³-hybridized carbons (Fsp3) is 0.278. The zero-order valence-corrected chi connectivity index (χ0v) is 15.0. The van der Waals surface area contributed by atoms with Gasteiger partial charge in [-0.3, -0.25) is 4.68 Å². The molecule has 1 saturated heterocycles. The molecule has 8 heteroatoms. The number of benzene rings is 1. The summed E-state index contributed by atoms with van der Waals surface area (Å²) < 4.78 is 7.33. The summed E-state index contributed by atoms with van der Waals surface area (Å²) in [6, 6.07) is 6.80. The zero-order valence-electron chi connectivity index (χ0n) is 14.3. The molecule has 1 aliphatic heterocycles. The molecule has 3 heterocycles. The van der Waals surface area contributed by atoms with Gasteiger partial charge in [0, 0.05) is 36.9 Å². The molecule has 2 aromatic heterocycles. The minimum Gasteiger partial charge on any atom is -0.508 e. The summed E-state index contributed by atoms with van der Waals surface area (Å²) in [4.78, 5) is 10.7. The number of phenolic OH excluding ortho intramolecular Hbond substituents is 1. The van der Waals surface area contributed by atoms with E-state index in [-0.39, 0.29) is 5.75 Å². The predicted octanol–water partition coefficient (Wildman–Crippen LogP) is 2.74. The molecule has 0 atom stereocenters. The number of hydrogen-bond acceptors (Lipinski definition) is 6. The number of phenols is 1. The maximum Gasteiger partial charge on any atom is 0.136 e. The van der Waals surface area contributed by atoms with Crippen LogP contribution in [0.25, 0.3) is 22.5 Å². The summed E-state index contributed by atoms with van der Waals surface area (Å²) >= 11 is 6.15. The van der Waals surface area contributed by atoms with Crippen LogP contribution >= 0.6 is 11.6 Å². The van der Waals surface area contributed by atoms with Crippen molar-refractivity contribution in [3.63, 3.8) is 0 Å². The molecule has 1 aromatic carbocycles. The summed E-state index contributed by atoms with van der Waals surface area (Å²) in [5.41, 5.74) is 3.10. The normalized spacial score (nSPS) is 14.6. The number of ether oxygens (including phenoxy) is 1. The first-order valence-electron chi connectivity index (χ1n) is 8.29. The van der Waals surface area contributed by atoms with Gasteiger partial charge < -0.3 is 14.7 Å². The van der Waals surface area contributed by atoms with E-state index >= 15 is 0 Å². The van der Waals surface area contributed by atoms with Crippen LogP contribution in [-0.2, 0) is 11.8 Å². The van der Waals surface area contributed by atoms with Crippen molar-refractivity contribution < 1.29 is 9.84 Å². The van der Waals surface area contributed by atoms with Crippen molar-refractivity contribution in [1.82, 2.24) is 19.7 Å². The first-order chi connectivity index (χ1) is 12.6. The van der Waals surface area contributed by atoms with Crippen molar-refractivity contribution in [1.29, 1.82) is 0 Å². The number of hydrogen-bond donors (Lipinski definition) is 1. The van der Waals surface area contributed by atoms with E-state index in [9.17, 15) is 5.11 Å². The van der Waals surface area contributed by atoms with Gasteiger partial charge in [-0.2, -0.15) is 5.10 Å². The third kappa shape index (κ3) is 3.11. The molecule has 1 aliphatic rings. The standard InChI is InChI=1S/C18H18ClN5O2/c1-23-18(24-4-6-26-7-5-24)16(15-2-3-20-11-21-15)17(22-23)12-8-13(19)10-14(25)9-12/h2-3,8-11,25H,4-7H2,1H3. The molecule has 0 spiro atoms. The maximum absolute atomic E-state index is 9.97. The molecule has 7 nitrogen and oxygen atoms in total. The second kappa shape index (κ2) is 6.93. The number of aromatic nitrogens is 4. The smallest absolute Gasteiger partial charge is 0.136 e. The van der Waals surface area contributed by atoms with Crippen molar-refractivity contribution in [3.05, 3.63) is 41.8 Å². The fourth-order valence-electron chi connectivity index (χ4n) is 3.24. The Labute approximate surface area is 155 Å². The quantitative estimate of drug-likeness (QED) is 0.763. The third-order valence-corrected chi connectivity index (χ3v) is 4.54. The van der Waals surface area contributed by atoms with Crippen LogP contribution in [0.3, 0.4) is 0 Å². The van der Waals surface area contributed by atoms with E-state index in [1.165, 1.54) is 12.4 Å². The van der Waals surface area contributed by atoms with Gasteiger partial charge in [0.15, 0.2) is 0 Å². The molecular formula is C18H18ClN5O2. The molecule has 0 amide bonds. The van der Waals surface area contributed by atoms with Crippen LogP contribution in [0.1, 0.15) is 0 Å². The second-order valence-electron chi connectivity index (χ2n) is 6.06. The topological polar surface area (TPSA) is 76.3 Å². The molecule has 3 aromatic rings. The Balaban J connectivity index is 1.94. The van der Waals surface area contributed by atoms with E-state index in [0.29, 0.717) is 23.9 Å². The van der Waals surface area contributed by atoms with Gasteiger partial charge in [0.2, 0.25) is 0 Å². The van der Waals surface area contributed by atoms with E-state index in [0.717, 1.165) is 35.7 Å². The lowest BCUT2D eigenvalue weighted by molar-refractivity contribution is 0.122. The van der Waals surface area contributed by atoms with Gasteiger partial charge in [-0.1, -0.05) is 11.6 Å². The Bertz CT molecular complexity index is 903. The van der Waals surface area contributed by atoms with Gasteiger partial charge in [-0.05, 0) is 24.3 Å². The average molecular weight is 372 g/mol. The molecule has 0 bridgehead atoms. The maximum atomic E-state index is 9.97. The van der Waals surface area contributed by atoms with Gasteiger partial charge in [0.25, 0.3) is 0 Å². The highest BCUT2D eigenvalue weighted by Crippen LogP contribution is 2.40. The molecule has 4 rings (SSSR count). The Hall–Kier alpha value is -2.64. The van der Waals surface area contributed by atoms with Crippen molar-refractivity contribution in [3.8, 4) is 28.3 Å². The van der Waals surface area contributed by atoms with Crippen LogP contribution in [-0.4, -0.2) is 51.2 Å². The zero-order chi connectivity index (χ0) is 18.1. The molecule has 134 valence electrons. The van der Waals surface area contributed by atoms with Crippen molar-refractivity contribution in [2.75, 3.05) is 31.2 Å². The number of nitrogens with zero attached hydrogens (tertiary/aromatic N) is 5. The number of aryl methyl sites for hydroxylation is 1. The lowest BCUT2D eigenvalue weighted by Gasteiger charge is -2.29. The van der Waals surface area contributed by atoms with Crippen molar-refractivity contribution >= 4 is 17.4 Å². The number of morpholine rings is 1. The number of anilines is 1. The predicted molar refractivity (Wildman–Crippen MR) is 99.4 cm³/mol. The largest absolute Gasteiger partial charge is 0.508 e. The minimum atomic E-state index is 0.0970. The first-order valence-corrected chi connectivity index (χ1v) is 8.67. The van der Waals surface area contributed by atoms with Crippen molar-refractivity contribution in [2.45, 2.75) is 0 Å². The highest BCUT2D eigenvalue weighted by Gasteiger charge is 2.26. The van der Waals surface area contributed by atoms with E-state index < -0.39 is 0 Å². The first kappa shape index (κ1) is 16.8. The second-order valence-corrected chi connectivity index (χ2v) is 6.50. The van der Waals surface area contributed by atoms with Gasteiger partial charge >= 0.3 is 0 Å². The van der Waals surface area contributed by atoms with Crippen molar-refractivity contribution in [2.24, 2.45) is 7.05 Å². The minimum absolute atomic E-state index is 0.0970. The molecule has 0 aliphatic carbocycles. The van der Waals surface area contributed by atoms with E-state index in [1.54, 1.807) is 18.3 Å². The fourth-order valence-corrected chi connectivity index (χ4v) is 3.47. The third-order valence-electron chi connectivity index (χ3n) is 4.32. The Morgan fingerprint density at radius 2 is 2.00 bits per heavy atom.